The molecule has 12 heavy (non-hydrogen) atoms. The highest BCUT2D eigenvalue weighted by molar-refractivity contribution is 5.75. The molecule has 0 N–H and O–H groups in total. The average Bonchev–Trinajstić information content (AvgIpc) is 2.35. The van der Waals surface area contributed by atoms with Crippen molar-refractivity contribution in [3.63, 3.8) is 0 Å². The van der Waals surface area contributed by atoms with Gasteiger partial charge in [-0.25, -0.2) is 0 Å². The maximum atomic E-state index is 11.3. The molecule has 2 aliphatic carbocycles. The van der Waals surface area contributed by atoms with E-state index in [0.29, 0.717) is 5.92 Å². The van der Waals surface area contributed by atoms with E-state index in [1.54, 1.807) is 0 Å². The quantitative estimate of drug-likeness (QED) is 0.434. The van der Waals surface area contributed by atoms with Crippen molar-refractivity contribution in [2.45, 2.75) is 6.42 Å². The van der Waals surface area contributed by atoms with E-state index < -0.39 is 0 Å². The zero-order valence-corrected chi connectivity index (χ0v) is 7.07. The summed E-state index contributed by atoms with van der Waals surface area (Å²) in [4.78, 5) is 11.3. The lowest BCUT2D eigenvalue weighted by atomic mass is 9.82. The first-order chi connectivity index (χ1) is 5.83. The lowest BCUT2D eigenvalue weighted by Crippen LogP contribution is -2.27. The summed E-state index contributed by atoms with van der Waals surface area (Å²) in [5, 5.41) is 0. The van der Waals surface area contributed by atoms with Gasteiger partial charge in [-0.2, -0.15) is 0 Å². The van der Waals surface area contributed by atoms with Gasteiger partial charge in [-0.05, 0) is 12.3 Å². The Morgan fingerprint density at radius 1 is 1.42 bits per heavy atom. The number of esters is 1. The molecule has 2 bridgehead atoms. The minimum Gasteiger partial charge on any atom is -0.469 e. The average molecular weight is 164 g/mol. The topological polar surface area (TPSA) is 26.3 Å². The van der Waals surface area contributed by atoms with E-state index in [1.807, 2.05) is 0 Å². The van der Waals surface area contributed by atoms with Gasteiger partial charge in [0.2, 0.25) is 0 Å². The molecule has 2 aliphatic rings. The Hall–Kier alpha value is -1.05. The van der Waals surface area contributed by atoms with Crippen LogP contribution >= 0.6 is 0 Å². The van der Waals surface area contributed by atoms with Gasteiger partial charge in [-0.15, -0.1) is 0 Å². The first-order valence-corrected chi connectivity index (χ1v) is 4.26. The Kier molecular flexibility index (Phi) is 1.75. The Labute approximate surface area is 71.9 Å². The van der Waals surface area contributed by atoms with Crippen LogP contribution in [0.1, 0.15) is 6.42 Å². The van der Waals surface area contributed by atoms with Crippen LogP contribution in [0.5, 0.6) is 0 Å². The van der Waals surface area contributed by atoms with Crippen molar-refractivity contribution in [3.8, 4) is 0 Å². The second-order valence-corrected chi connectivity index (χ2v) is 3.34. The Morgan fingerprint density at radius 2 is 2.25 bits per heavy atom. The molecule has 0 radical (unpaired) electrons. The van der Waals surface area contributed by atoms with Gasteiger partial charge in [-0.1, -0.05) is 24.3 Å². The molecule has 0 fully saturated rings. The molecule has 2 rings (SSSR count). The standard InChI is InChI=1S/C10H12O2/c1-12-10(11)9-7-3-2-4-8(9)6-5-7/h2-3,5-9H,4H2,1H3/t7-,8-,9-/m1/s1. The molecule has 0 amide bonds. The van der Waals surface area contributed by atoms with Gasteiger partial charge in [0.05, 0.1) is 13.0 Å². The molecule has 0 spiro atoms. The van der Waals surface area contributed by atoms with Crippen LogP contribution in [0.25, 0.3) is 0 Å². The van der Waals surface area contributed by atoms with Crippen LogP contribution in [0.3, 0.4) is 0 Å². The van der Waals surface area contributed by atoms with Crippen LogP contribution in [0.15, 0.2) is 24.3 Å². The number of fused-ring (bicyclic) bond motifs is 2. The summed E-state index contributed by atoms with van der Waals surface area (Å²) >= 11 is 0. The zero-order chi connectivity index (χ0) is 8.55. The highest BCUT2D eigenvalue weighted by Gasteiger charge is 2.37. The highest BCUT2D eigenvalue weighted by atomic mass is 16.5. The monoisotopic (exact) mass is 164 g/mol. The van der Waals surface area contributed by atoms with Crippen molar-refractivity contribution in [1.82, 2.24) is 0 Å². The van der Waals surface area contributed by atoms with Gasteiger partial charge in [0.1, 0.15) is 0 Å². The van der Waals surface area contributed by atoms with Gasteiger partial charge in [0.15, 0.2) is 0 Å². The maximum Gasteiger partial charge on any atom is 0.310 e. The fraction of sp³-hybridized carbons (Fsp3) is 0.500. The summed E-state index contributed by atoms with van der Waals surface area (Å²) in [5.74, 6) is 0.656. The molecule has 0 unspecified atom stereocenters. The van der Waals surface area contributed by atoms with E-state index >= 15 is 0 Å². The molecule has 0 aromatic carbocycles. The van der Waals surface area contributed by atoms with Crippen molar-refractivity contribution in [1.29, 1.82) is 0 Å². The summed E-state index contributed by atoms with van der Waals surface area (Å²) < 4.78 is 4.76. The van der Waals surface area contributed by atoms with Crippen molar-refractivity contribution in [2.75, 3.05) is 7.11 Å². The van der Waals surface area contributed by atoms with Crippen LogP contribution in [0.4, 0.5) is 0 Å². The molecule has 0 heterocycles. The Bertz CT molecular complexity index is 251. The summed E-state index contributed by atoms with van der Waals surface area (Å²) in [7, 11) is 1.46. The predicted octanol–water partition coefficient (Wildman–Crippen LogP) is 1.54. The summed E-state index contributed by atoms with van der Waals surface area (Å²) in [5.41, 5.74) is 0. The highest BCUT2D eigenvalue weighted by Crippen LogP contribution is 2.38. The van der Waals surface area contributed by atoms with Crippen molar-refractivity contribution < 1.29 is 9.53 Å². The lowest BCUT2D eigenvalue weighted by molar-refractivity contribution is -0.147. The predicted molar refractivity (Wildman–Crippen MR) is 45.4 cm³/mol. The van der Waals surface area contributed by atoms with Gasteiger partial charge < -0.3 is 4.74 Å². The molecule has 2 heteroatoms. The third-order valence-electron chi connectivity index (χ3n) is 2.70. The van der Waals surface area contributed by atoms with Crippen molar-refractivity contribution in [2.24, 2.45) is 17.8 Å². The maximum absolute atomic E-state index is 11.3. The SMILES string of the molecule is COC(=O)[C@@H]1[C@@H]2C=CC[C@@H]1C=C2. The summed E-state index contributed by atoms with van der Waals surface area (Å²) in [6, 6.07) is 0. The second kappa shape index (κ2) is 2.77. The van der Waals surface area contributed by atoms with E-state index in [9.17, 15) is 4.79 Å². The van der Waals surface area contributed by atoms with Gasteiger partial charge >= 0.3 is 5.97 Å². The number of methoxy groups -OCH3 is 1. The number of allylic oxidation sites excluding steroid dienone is 4. The smallest absolute Gasteiger partial charge is 0.310 e. The van der Waals surface area contributed by atoms with Crippen LogP contribution in [-0.2, 0) is 9.53 Å². The minimum absolute atomic E-state index is 0.0556. The fourth-order valence-corrected chi connectivity index (χ4v) is 2.07. The number of carbonyl (C=O) groups is 1. The molecule has 0 saturated heterocycles. The molecule has 64 valence electrons. The summed E-state index contributed by atoms with van der Waals surface area (Å²) in [6.45, 7) is 0. The van der Waals surface area contributed by atoms with Gasteiger partial charge in [-0.3, -0.25) is 4.79 Å². The van der Waals surface area contributed by atoms with E-state index in [2.05, 4.69) is 24.3 Å². The minimum atomic E-state index is -0.0700. The van der Waals surface area contributed by atoms with E-state index in [1.165, 1.54) is 7.11 Å². The number of hydrogen-bond donors (Lipinski definition) is 0. The van der Waals surface area contributed by atoms with Crippen LogP contribution < -0.4 is 0 Å². The fourth-order valence-electron chi connectivity index (χ4n) is 2.07. The third kappa shape index (κ3) is 0.986. The molecule has 3 atom stereocenters. The number of hydrogen-bond acceptors (Lipinski definition) is 2. The Morgan fingerprint density at radius 3 is 2.92 bits per heavy atom. The largest absolute Gasteiger partial charge is 0.469 e. The van der Waals surface area contributed by atoms with E-state index in [-0.39, 0.29) is 17.8 Å². The van der Waals surface area contributed by atoms with Crippen LogP contribution in [0, 0.1) is 17.8 Å². The van der Waals surface area contributed by atoms with E-state index in [0.717, 1.165) is 6.42 Å². The van der Waals surface area contributed by atoms with Gasteiger partial charge in [0.25, 0.3) is 0 Å². The molecule has 2 nitrogen and oxygen atoms in total. The second-order valence-electron chi connectivity index (χ2n) is 3.34. The summed E-state index contributed by atoms with van der Waals surface area (Å²) in [6.07, 6.45) is 9.46. The van der Waals surface area contributed by atoms with Crippen LogP contribution in [0.2, 0.25) is 0 Å². The van der Waals surface area contributed by atoms with Gasteiger partial charge in [0, 0.05) is 5.92 Å². The van der Waals surface area contributed by atoms with E-state index in [4.69, 9.17) is 4.74 Å². The van der Waals surface area contributed by atoms with Crippen LogP contribution in [-0.4, -0.2) is 13.1 Å². The zero-order valence-electron chi connectivity index (χ0n) is 7.07. The molecular formula is C10H12O2. The number of rotatable bonds is 1. The van der Waals surface area contributed by atoms with Crippen molar-refractivity contribution >= 4 is 5.97 Å². The first-order valence-electron chi connectivity index (χ1n) is 4.26. The number of ether oxygens (including phenoxy) is 1. The molecule has 0 aliphatic heterocycles. The lowest BCUT2D eigenvalue weighted by Gasteiger charge is -2.23. The molecular weight excluding hydrogens is 152 g/mol. The molecule has 0 saturated carbocycles. The normalized spacial score (nSPS) is 36.9. The van der Waals surface area contributed by atoms with Crippen molar-refractivity contribution in [3.05, 3.63) is 24.3 Å². The number of carbonyl (C=O) groups excluding carboxylic acids is 1. The first kappa shape index (κ1) is 7.59. The Balaban J connectivity index is 2.20. The molecule has 0 aromatic heterocycles. The molecule has 0 aromatic rings. The third-order valence-corrected chi connectivity index (χ3v) is 2.70.